The highest BCUT2D eigenvalue weighted by atomic mass is 79.9. The summed E-state index contributed by atoms with van der Waals surface area (Å²) in [5, 5.41) is 4.83. The van der Waals surface area contributed by atoms with Crippen molar-refractivity contribution in [3.63, 3.8) is 0 Å². The van der Waals surface area contributed by atoms with Crippen LogP contribution in [0.2, 0.25) is 0 Å². The molecule has 0 saturated carbocycles. The Balaban J connectivity index is 1.32. The number of hydrogen-bond acceptors (Lipinski definition) is 0. The molecule has 174 valence electrons. The van der Waals surface area contributed by atoms with Crippen LogP contribution >= 0.6 is 63.7 Å². The summed E-state index contributed by atoms with van der Waals surface area (Å²) in [6, 6.07) is 25.5. The zero-order valence-corrected chi connectivity index (χ0v) is 25.1. The molecule has 0 aliphatic carbocycles. The standard InChI is InChI=1S/C30H16Br4N2/c31-19-5-9-27-23(15-19)24-16-20(32)6-10-28(24)35(27)13-3-1-2-4-14-36-29-11-7-21(33)17-25(29)26-18-22(34)8-12-30(26)36/h5-12,15-18H,13-14H2. The van der Waals surface area contributed by atoms with Gasteiger partial charge in [0.15, 0.2) is 0 Å². The maximum atomic E-state index is 3.61. The van der Waals surface area contributed by atoms with Gasteiger partial charge in [0.2, 0.25) is 0 Å². The molecule has 36 heavy (non-hydrogen) atoms. The zero-order valence-electron chi connectivity index (χ0n) is 18.7. The fraction of sp³-hybridized carbons (Fsp3) is 0.0667. The molecule has 2 aromatic heterocycles. The van der Waals surface area contributed by atoms with Gasteiger partial charge in [0, 0.05) is 39.4 Å². The minimum atomic E-state index is 0.579. The molecule has 0 spiro atoms. The van der Waals surface area contributed by atoms with E-state index in [0.717, 1.165) is 40.0 Å². The number of hydrogen-bond donors (Lipinski definition) is 0. The first-order chi connectivity index (χ1) is 17.5. The lowest BCUT2D eigenvalue weighted by atomic mass is 10.2. The molecule has 0 unspecified atom stereocenters. The van der Waals surface area contributed by atoms with Crippen LogP contribution in [0.5, 0.6) is 0 Å². The lowest BCUT2D eigenvalue weighted by Gasteiger charge is -2.02. The van der Waals surface area contributed by atoms with Crippen LogP contribution < -0.4 is 0 Å². The van der Waals surface area contributed by atoms with Crippen LogP contribution in [-0.4, -0.2) is 9.13 Å². The van der Waals surface area contributed by atoms with E-state index in [1.54, 1.807) is 0 Å². The first kappa shape index (κ1) is 23.9. The maximum absolute atomic E-state index is 3.61. The molecule has 0 aliphatic rings. The molecular weight excluding hydrogens is 708 g/mol. The fourth-order valence-corrected chi connectivity index (χ4v) is 6.21. The van der Waals surface area contributed by atoms with Crippen LogP contribution in [0.25, 0.3) is 43.6 Å². The van der Waals surface area contributed by atoms with E-state index in [4.69, 9.17) is 0 Å². The average molecular weight is 724 g/mol. The molecule has 0 fully saturated rings. The smallest absolute Gasteiger partial charge is 0.0853 e. The Labute approximate surface area is 242 Å². The van der Waals surface area contributed by atoms with Gasteiger partial charge < -0.3 is 9.13 Å². The largest absolute Gasteiger partial charge is 0.329 e. The molecule has 2 heterocycles. The first-order valence-corrected chi connectivity index (χ1v) is 14.4. The van der Waals surface area contributed by atoms with Gasteiger partial charge in [-0.25, -0.2) is 0 Å². The molecule has 0 bridgehead atoms. The summed E-state index contributed by atoms with van der Waals surface area (Å²) < 4.78 is 8.76. The molecule has 0 radical (unpaired) electrons. The number of fused-ring (bicyclic) bond motifs is 6. The number of aromatic nitrogens is 2. The van der Waals surface area contributed by atoms with Crippen molar-refractivity contribution in [2.45, 2.75) is 13.1 Å². The fourth-order valence-electron chi connectivity index (χ4n) is 4.76. The van der Waals surface area contributed by atoms with Crippen molar-refractivity contribution in [3.8, 4) is 23.7 Å². The highest BCUT2D eigenvalue weighted by molar-refractivity contribution is 9.11. The van der Waals surface area contributed by atoms with Crippen LogP contribution in [-0.2, 0) is 13.1 Å². The summed E-state index contributed by atoms with van der Waals surface area (Å²) in [7, 11) is 0. The van der Waals surface area contributed by atoms with Crippen molar-refractivity contribution in [1.82, 2.24) is 9.13 Å². The third-order valence-electron chi connectivity index (χ3n) is 6.29. The van der Waals surface area contributed by atoms with E-state index >= 15 is 0 Å². The van der Waals surface area contributed by atoms with Gasteiger partial charge in [0.05, 0.1) is 35.2 Å². The first-order valence-electron chi connectivity index (χ1n) is 11.2. The second kappa shape index (κ2) is 9.77. The molecule has 0 aliphatic heterocycles. The van der Waals surface area contributed by atoms with Gasteiger partial charge in [-0.05, 0) is 84.6 Å². The Hall–Kier alpha value is -2.48. The Bertz CT molecular complexity index is 1690. The normalized spacial score (nSPS) is 11.1. The van der Waals surface area contributed by atoms with Gasteiger partial charge in [0.25, 0.3) is 0 Å². The summed E-state index contributed by atoms with van der Waals surface area (Å²) in [5.74, 6) is 12.7. The van der Waals surface area contributed by atoms with Crippen molar-refractivity contribution in [1.29, 1.82) is 0 Å². The van der Waals surface area contributed by atoms with E-state index in [1.807, 2.05) is 0 Å². The Morgan fingerprint density at radius 1 is 0.444 bits per heavy atom. The minimum absolute atomic E-state index is 0.579. The summed E-state index contributed by atoms with van der Waals surface area (Å²) in [4.78, 5) is 0. The van der Waals surface area contributed by atoms with Gasteiger partial charge in [0.1, 0.15) is 0 Å². The SMILES string of the molecule is Brc1ccc2c(c1)c1cc(Br)ccc1n2CC#CC#CCn1c2ccc(Br)cc2c2cc(Br)ccc21. The zero-order chi connectivity index (χ0) is 24.8. The van der Waals surface area contributed by atoms with Crippen molar-refractivity contribution in [2.24, 2.45) is 0 Å². The van der Waals surface area contributed by atoms with Gasteiger partial charge in [-0.3, -0.25) is 0 Å². The van der Waals surface area contributed by atoms with Crippen LogP contribution in [0.3, 0.4) is 0 Å². The third kappa shape index (κ3) is 4.31. The summed E-state index contributed by atoms with van der Waals surface area (Å²) in [5.41, 5.74) is 4.65. The predicted octanol–water partition coefficient (Wildman–Crippen LogP) is 9.66. The molecular formula is C30H16Br4N2. The van der Waals surface area contributed by atoms with Gasteiger partial charge in [-0.15, -0.1) is 0 Å². The molecule has 6 heteroatoms. The van der Waals surface area contributed by atoms with E-state index in [9.17, 15) is 0 Å². The molecule has 0 amide bonds. The average Bonchev–Trinajstić information content (AvgIpc) is 3.32. The van der Waals surface area contributed by atoms with Gasteiger partial charge in [-0.2, -0.15) is 0 Å². The predicted molar refractivity (Wildman–Crippen MR) is 165 cm³/mol. The monoisotopic (exact) mass is 720 g/mol. The van der Waals surface area contributed by atoms with Crippen LogP contribution in [0, 0.1) is 23.7 Å². The van der Waals surface area contributed by atoms with E-state index in [0.29, 0.717) is 13.1 Å². The molecule has 0 atom stereocenters. The number of nitrogens with zero attached hydrogens (tertiary/aromatic N) is 2. The van der Waals surface area contributed by atoms with Crippen molar-refractivity contribution < 1.29 is 0 Å². The topological polar surface area (TPSA) is 9.86 Å². The highest BCUT2D eigenvalue weighted by Crippen LogP contribution is 2.34. The van der Waals surface area contributed by atoms with Crippen LogP contribution in [0.15, 0.2) is 90.7 Å². The van der Waals surface area contributed by atoms with Crippen molar-refractivity contribution in [3.05, 3.63) is 90.7 Å². The number of halogens is 4. The van der Waals surface area contributed by atoms with Gasteiger partial charge in [-0.1, -0.05) is 75.6 Å². The molecule has 6 aromatic rings. The molecule has 4 aromatic carbocycles. The lowest BCUT2D eigenvalue weighted by molar-refractivity contribution is 0.921. The Kier molecular flexibility index (Phi) is 6.48. The molecule has 0 saturated heterocycles. The third-order valence-corrected chi connectivity index (χ3v) is 8.26. The number of benzene rings is 4. The van der Waals surface area contributed by atoms with E-state index < -0.39 is 0 Å². The Morgan fingerprint density at radius 3 is 1.00 bits per heavy atom. The second-order valence-electron chi connectivity index (χ2n) is 8.42. The molecule has 6 rings (SSSR count). The van der Waals surface area contributed by atoms with Crippen LogP contribution in [0.4, 0.5) is 0 Å². The second-order valence-corrected chi connectivity index (χ2v) is 12.1. The summed E-state index contributed by atoms with van der Waals surface area (Å²) in [6.45, 7) is 1.16. The van der Waals surface area contributed by atoms with E-state index in [2.05, 4.69) is 169 Å². The van der Waals surface area contributed by atoms with Crippen molar-refractivity contribution >= 4 is 107 Å². The van der Waals surface area contributed by atoms with Crippen LogP contribution in [0.1, 0.15) is 0 Å². The van der Waals surface area contributed by atoms with E-state index in [1.165, 1.54) is 21.5 Å². The Morgan fingerprint density at radius 2 is 0.722 bits per heavy atom. The minimum Gasteiger partial charge on any atom is -0.329 e. The van der Waals surface area contributed by atoms with Gasteiger partial charge >= 0.3 is 0 Å². The summed E-state index contributed by atoms with van der Waals surface area (Å²) in [6.07, 6.45) is 0. The maximum Gasteiger partial charge on any atom is 0.0853 e. The highest BCUT2D eigenvalue weighted by Gasteiger charge is 2.12. The lowest BCUT2D eigenvalue weighted by Crippen LogP contribution is -1.95. The number of rotatable bonds is 2. The molecule has 0 N–H and O–H groups in total. The van der Waals surface area contributed by atoms with Crippen molar-refractivity contribution in [2.75, 3.05) is 0 Å². The summed E-state index contributed by atoms with van der Waals surface area (Å²) >= 11 is 14.4. The quantitative estimate of drug-likeness (QED) is 0.158. The molecule has 2 nitrogen and oxygen atoms in total. The van der Waals surface area contributed by atoms with E-state index in [-0.39, 0.29) is 0 Å².